The van der Waals surface area contributed by atoms with Crippen LogP contribution in [0, 0.1) is 51.2 Å². The molecule has 8 atom stereocenters. The van der Waals surface area contributed by atoms with Crippen molar-refractivity contribution in [2.24, 2.45) is 51.5 Å². The van der Waals surface area contributed by atoms with Crippen LogP contribution in [0.1, 0.15) is 105 Å². The molecule has 4 aliphatic rings. The summed E-state index contributed by atoms with van der Waals surface area (Å²) in [7, 11) is 0. The van der Waals surface area contributed by atoms with Crippen LogP contribution in [0.5, 0.6) is 0 Å². The lowest BCUT2D eigenvalue weighted by Gasteiger charge is -2.58. The van der Waals surface area contributed by atoms with Crippen molar-refractivity contribution in [3.63, 3.8) is 0 Å². The second kappa shape index (κ2) is 8.12. The minimum Gasteiger partial charge on any atom is -0.151 e. The highest BCUT2D eigenvalue weighted by Crippen LogP contribution is 2.67. The van der Waals surface area contributed by atoms with E-state index >= 15 is 0 Å². The van der Waals surface area contributed by atoms with Crippen LogP contribution in [0.25, 0.3) is 0 Å². The average Bonchev–Trinajstić information content (AvgIpc) is 3.04. The van der Waals surface area contributed by atoms with E-state index in [9.17, 15) is 4.91 Å². The zero-order valence-electron chi connectivity index (χ0n) is 19.8. The highest BCUT2D eigenvalue weighted by Gasteiger charge is 2.59. The Labute approximate surface area is 179 Å². The van der Waals surface area contributed by atoms with Gasteiger partial charge in [0.05, 0.1) is 6.04 Å². The molecule has 0 bridgehead atoms. The van der Waals surface area contributed by atoms with Crippen molar-refractivity contribution >= 4 is 0 Å². The Hall–Kier alpha value is -0.660. The molecule has 0 aromatic rings. The van der Waals surface area contributed by atoms with Crippen molar-refractivity contribution < 1.29 is 0 Å². The first-order chi connectivity index (χ1) is 13.8. The third kappa shape index (κ3) is 3.65. The molecule has 164 valence electrons. The molecule has 0 aliphatic heterocycles. The molecule has 4 rings (SSSR count). The Morgan fingerprint density at radius 2 is 1.83 bits per heavy atom. The lowest BCUT2D eigenvalue weighted by atomic mass is 9.47. The first-order valence-electron chi connectivity index (χ1n) is 12.8. The van der Waals surface area contributed by atoms with Crippen LogP contribution in [-0.2, 0) is 0 Å². The van der Waals surface area contributed by atoms with E-state index in [1.165, 1.54) is 57.8 Å². The number of hydrogen-bond donors (Lipinski definition) is 0. The highest BCUT2D eigenvalue weighted by molar-refractivity contribution is 5.26. The summed E-state index contributed by atoms with van der Waals surface area (Å²) in [6.07, 6.45) is 17.0. The van der Waals surface area contributed by atoms with Crippen molar-refractivity contribution in [1.29, 1.82) is 0 Å². The molecule has 0 aromatic heterocycles. The maximum Gasteiger partial charge on any atom is 0.0957 e. The summed E-state index contributed by atoms with van der Waals surface area (Å²) in [6, 6.07) is 0.0438. The van der Waals surface area contributed by atoms with E-state index < -0.39 is 0 Å². The number of nitroso groups, excluding NO2 is 1. The predicted molar refractivity (Wildman–Crippen MR) is 123 cm³/mol. The van der Waals surface area contributed by atoms with Gasteiger partial charge in [-0.2, -0.15) is 4.91 Å². The Morgan fingerprint density at radius 3 is 2.55 bits per heavy atom. The van der Waals surface area contributed by atoms with Gasteiger partial charge in [0.25, 0.3) is 0 Å². The van der Waals surface area contributed by atoms with E-state index in [4.69, 9.17) is 0 Å². The van der Waals surface area contributed by atoms with Crippen LogP contribution in [0.4, 0.5) is 0 Å². The predicted octanol–water partition coefficient (Wildman–Crippen LogP) is 8.16. The van der Waals surface area contributed by atoms with E-state index in [-0.39, 0.29) is 6.04 Å². The molecule has 0 radical (unpaired) electrons. The normalized spacial score (nSPS) is 45.2. The number of rotatable bonds is 6. The molecule has 29 heavy (non-hydrogen) atoms. The molecule has 3 saturated carbocycles. The largest absolute Gasteiger partial charge is 0.151 e. The minimum atomic E-state index is 0.0438. The molecule has 2 heteroatoms. The van der Waals surface area contributed by atoms with Gasteiger partial charge in [0, 0.05) is 0 Å². The van der Waals surface area contributed by atoms with Gasteiger partial charge in [-0.3, -0.25) is 0 Å². The number of fused-ring (bicyclic) bond motifs is 5. The Bertz CT molecular complexity index is 638. The molecule has 0 amide bonds. The quantitative estimate of drug-likeness (QED) is 0.327. The first-order valence-corrected chi connectivity index (χ1v) is 12.8. The fourth-order valence-corrected chi connectivity index (χ4v) is 8.76. The molecule has 0 saturated heterocycles. The monoisotopic (exact) mass is 399 g/mol. The summed E-state index contributed by atoms with van der Waals surface area (Å²) in [5, 5.41) is 3.41. The second-order valence-electron chi connectivity index (χ2n) is 12.3. The van der Waals surface area contributed by atoms with E-state index in [1.54, 1.807) is 5.57 Å². The maximum atomic E-state index is 11.1. The molecule has 3 fully saturated rings. The van der Waals surface area contributed by atoms with Gasteiger partial charge in [0.2, 0.25) is 0 Å². The lowest BCUT2D eigenvalue weighted by molar-refractivity contribution is -0.0508. The van der Waals surface area contributed by atoms with Crippen LogP contribution < -0.4 is 0 Å². The molecule has 2 nitrogen and oxygen atoms in total. The number of hydrogen-bond acceptors (Lipinski definition) is 2. The topological polar surface area (TPSA) is 29.4 Å². The van der Waals surface area contributed by atoms with Crippen LogP contribution in [0.15, 0.2) is 16.8 Å². The Morgan fingerprint density at radius 1 is 1.03 bits per heavy atom. The van der Waals surface area contributed by atoms with Gasteiger partial charge in [-0.1, -0.05) is 70.7 Å². The van der Waals surface area contributed by atoms with Gasteiger partial charge >= 0.3 is 0 Å². The second-order valence-corrected chi connectivity index (χ2v) is 12.3. The molecule has 0 N–H and O–H groups in total. The van der Waals surface area contributed by atoms with E-state index in [0.29, 0.717) is 10.8 Å². The molecule has 3 unspecified atom stereocenters. The number of nitrogens with zero attached hydrogens (tertiary/aromatic N) is 1. The average molecular weight is 400 g/mol. The van der Waals surface area contributed by atoms with Gasteiger partial charge in [-0.15, -0.1) is 0 Å². The molecular formula is C27H45NO. The first kappa shape index (κ1) is 21.6. The summed E-state index contributed by atoms with van der Waals surface area (Å²) in [6.45, 7) is 12.5. The smallest absolute Gasteiger partial charge is 0.0957 e. The Kier molecular flexibility index (Phi) is 6.04. The van der Waals surface area contributed by atoms with Crippen LogP contribution in [-0.4, -0.2) is 6.04 Å². The standard InChI is InChI=1S/C27H45NO/c1-18(2)7-6-8-19(3)23-11-12-24-22-10-9-20-17-21(28-29)13-15-26(20,4)25(22)14-16-27(23,24)5/h9,18-19,21-25H,6-8,10-17H2,1-5H3/t19-,21?,22+,23?,24?,25+,26+,27-/m1/s1. The van der Waals surface area contributed by atoms with Gasteiger partial charge in [-0.25, -0.2) is 0 Å². The maximum absolute atomic E-state index is 11.1. The minimum absolute atomic E-state index is 0.0438. The summed E-state index contributed by atoms with van der Waals surface area (Å²) in [5.41, 5.74) is 2.52. The molecular weight excluding hydrogens is 354 g/mol. The summed E-state index contributed by atoms with van der Waals surface area (Å²) < 4.78 is 0. The summed E-state index contributed by atoms with van der Waals surface area (Å²) >= 11 is 0. The van der Waals surface area contributed by atoms with Crippen LogP contribution in [0.3, 0.4) is 0 Å². The van der Waals surface area contributed by atoms with E-state index in [0.717, 1.165) is 48.3 Å². The third-order valence-electron chi connectivity index (χ3n) is 10.4. The highest BCUT2D eigenvalue weighted by atomic mass is 16.3. The van der Waals surface area contributed by atoms with Crippen molar-refractivity contribution in [3.05, 3.63) is 16.6 Å². The fraction of sp³-hybridized carbons (Fsp3) is 0.926. The lowest BCUT2D eigenvalue weighted by Crippen LogP contribution is -2.50. The molecule has 0 spiro atoms. The van der Waals surface area contributed by atoms with Crippen molar-refractivity contribution in [3.8, 4) is 0 Å². The van der Waals surface area contributed by atoms with Crippen molar-refractivity contribution in [2.45, 2.75) is 111 Å². The molecule has 0 heterocycles. The molecule has 4 aliphatic carbocycles. The van der Waals surface area contributed by atoms with Gasteiger partial charge < -0.3 is 0 Å². The fourth-order valence-electron chi connectivity index (χ4n) is 8.76. The van der Waals surface area contributed by atoms with Crippen molar-refractivity contribution in [1.82, 2.24) is 0 Å². The SMILES string of the molecule is CC(C)CCC[C@@H](C)C1CCC2[C@@H]3CC=C4CC(N=O)CC[C@]4(C)[C@H]3CC[C@]12C. The molecule has 0 aromatic carbocycles. The van der Waals surface area contributed by atoms with E-state index in [2.05, 4.69) is 45.9 Å². The van der Waals surface area contributed by atoms with Crippen LogP contribution >= 0.6 is 0 Å². The van der Waals surface area contributed by atoms with Gasteiger partial charge in [0.15, 0.2) is 0 Å². The zero-order chi connectivity index (χ0) is 20.8. The van der Waals surface area contributed by atoms with Crippen LogP contribution in [0.2, 0.25) is 0 Å². The summed E-state index contributed by atoms with van der Waals surface area (Å²) in [5.74, 6) is 5.33. The van der Waals surface area contributed by atoms with Gasteiger partial charge in [-0.05, 0) is 97.7 Å². The van der Waals surface area contributed by atoms with Gasteiger partial charge in [0.1, 0.15) is 0 Å². The number of allylic oxidation sites excluding steroid dienone is 1. The third-order valence-corrected chi connectivity index (χ3v) is 10.4. The summed E-state index contributed by atoms with van der Waals surface area (Å²) in [4.78, 5) is 11.1. The van der Waals surface area contributed by atoms with E-state index in [1.807, 2.05) is 0 Å². The zero-order valence-corrected chi connectivity index (χ0v) is 19.8. The van der Waals surface area contributed by atoms with Crippen molar-refractivity contribution in [2.75, 3.05) is 0 Å². The Balaban J connectivity index is 1.49.